The molecular formula is C68H43B2N3Se2. The van der Waals surface area contributed by atoms with Crippen molar-refractivity contribution in [1.82, 2.24) is 0 Å². The van der Waals surface area contributed by atoms with Crippen molar-refractivity contribution in [2.75, 3.05) is 14.7 Å². The van der Waals surface area contributed by atoms with Crippen LogP contribution in [0, 0.1) is 0 Å². The van der Waals surface area contributed by atoms with Crippen molar-refractivity contribution in [3.63, 3.8) is 0 Å². The van der Waals surface area contributed by atoms with Gasteiger partial charge in [-0.05, 0) is 0 Å². The molecule has 3 nitrogen and oxygen atoms in total. The minimum absolute atomic E-state index is 0.00839. The second kappa shape index (κ2) is 17.1. The number of fused-ring (bicyclic) bond motifs is 10. The Labute approximate surface area is 450 Å². The minimum atomic E-state index is 0.00839. The summed E-state index contributed by atoms with van der Waals surface area (Å²) in [5, 5.41) is 5.11. The van der Waals surface area contributed by atoms with Crippen molar-refractivity contribution in [2.45, 2.75) is 0 Å². The third-order valence-corrected chi connectivity index (χ3v) is 20.6. The van der Waals surface area contributed by atoms with E-state index >= 15 is 0 Å². The van der Waals surface area contributed by atoms with Gasteiger partial charge in [-0.2, -0.15) is 0 Å². The van der Waals surface area contributed by atoms with Gasteiger partial charge in [-0.15, -0.1) is 0 Å². The SMILES string of the molecule is c1ccc(N(c2ccccc2)c2cc3c4c(c2)N(c2ccccc2)c2ccccc2B4c2cc4c(cc2[Se]3)[Se]c2cc(-c3c5ccccc5cc5ccccc35)cc3c2B4c2ccccc2N3c2ccccc2)cc1. The molecule has 4 aliphatic heterocycles. The zero-order chi connectivity index (χ0) is 49.1. The predicted octanol–water partition coefficient (Wildman–Crippen LogP) is 9.67. The molecule has 0 unspecified atom stereocenters. The van der Waals surface area contributed by atoms with E-state index in [2.05, 4.69) is 276 Å². The molecule has 0 N–H and O–H groups in total. The van der Waals surface area contributed by atoms with Gasteiger partial charge in [0.2, 0.25) is 0 Å². The van der Waals surface area contributed by atoms with Crippen LogP contribution in [-0.2, 0) is 0 Å². The Bertz CT molecular complexity index is 4190. The fourth-order valence-corrected chi connectivity index (χ4v) is 18.3. The van der Waals surface area contributed by atoms with Crippen LogP contribution in [0.4, 0.5) is 51.2 Å². The van der Waals surface area contributed by atoms with E-state index in [-0.39, 0.29) is 43.3 Å². The Morgan fingerprint density at radius 1 is 0.307 bits per heavy atom. The van der Waals surface area contributed by atoms with E-state index in [0.717, 1.165) is 11.4 Å². The average Bonchev–Trinajstić information content (AvgIpc) is 3.52. The molecule has 0 aromatic heterocycles. The van der Waals surface area contributed by atoms with Crippen LogP contribution in [-0.4, -0.2) is 43.3 Å². The monoisotopic (exact) mass is 1080 g/mol. The normalized spacial score (nSPS) is 13.4. The number of hydrogen-bond acceptors (Lipinski definition) is 3. The number of para-hydroxylation sites is 6. The van der Waals surface area contributed by atoms with Crippen molar-refractivity contribution < 1.29 is 0 Å². The maximum absolute atomic E-state index is 2.70. The van der Waals surface area contributed by atoms with Gasteiger partial charge in [0.15, 0.2) is 0 Å². The molecule has 0 aliphatic carbocycles. The number of anilines is 9. The molecular weight excluding hydrogens is 1040 g/mol. The van der Waals surface area contributed by atoms with E-state index in [0.29, 0.717) is 0 Å². The first-order valence-electron chi connectivity index (χ1n) is 25.8. The van der Waals surface area contributed by atoms with Gasteiger partial charge < -0.3 is 0 Å². The summed E-state index contributed by atoms with van der Waals surface area (Å²) < 4.78 is 5.90. The average molecular weight is 1080 g/mol. The molecule has 7 heteroatoms. The quantitative estimate of drug-likeness (QED) is 0.122. The summed E-state index contributed by atoms with van der Waals surface area (Å²) in [6, 6.07) is 98.2. The van der Waals surface area contributed by atoms with Crippen molar-refractivity contribution in [1.29, 1.82) is 0 Å². The maximum atomic E-state index is 2.70. The predicted molar refractivity (Wildman–Crippen MR) is 323 cm³/mol. The van der Waals surface area contributed by atoms with Gasteiger partial charge in [0.25, 0.3) is 0 Å². The van der Waals surface area contributed by atoms with Crippen molar-refractivity contribution in [2.24, 2.45) is 0 Å². The van der Waals surface area contributed by atoms with Crippen LogP contribution >= 0.6 is 0 Å². The summed E-state index contributed by atoms with van der Waals surface area (Å²) in [6.07, 6.45) is 0. The third-order valence-electron chi connectivity index (χ3n) is 15.8. The molecule has 4 aliphatic rings. The van der Waals surface area contributed by atoms with Crippen molar-refractivity contribution in [3.05, 3.63) is 261 Å². The van der Waals surface area contributed by atoms with E-state index in [1.54, 1.807) is 0 Å². The van der Waals surface area contributed by atoms with Crippen LogP contribution in [0.25, 0.3) is 32.7 Å². The van der Waals surface area contributed by atoms with E-state index in [1.165, 1.54) is 123 Å². The van der Waals surface area contributed by atoms with Crippen LogP contribution in [0.3, 0.4) is 0 Å². The Hall–Kier alpha value is -8.27. The molecule has 0 spiro atoms. The van der Waals surface area contributed by atoms with Crippen LogP contribution in [0.5, 0.6) is 0 Å². The Morgan fingerprint density at radius 2 is 0.747 bits per heavy atom. The van der Waals surface area contributed by atoms with Gasteiger partial charge >= 0.3 is 453 Å². The van der Waals surface area contributed by atoms with Gasteiger partial charge in [-0.1, -0.05) is 0 Å². The Kier molecular flexibility index (Phi) is 9.87. The third kappa shape index (κ3) is 6.69. The molecule has 0 saturated carbocycles. The van der Waals surface area contributed by atoms with Gasteiger partial charge in [0, 0.05) is 0 Å². The van der Waals surface area contributed by atoms with Gasteiger partial charge in [0.05, 0.1) is 0 Å². The molecule has 0 amide bonds. The first kappa shape index (κ1) is 43.2. The molecule has 75 heavy (non-hydrogen) atoms. The zero-order valence-electron chi connectivity index (χ0n) is 40.6. The molecule has 0 bridgehead atoms. The fourth-order valence-electron chi connectivity index (χ4n) is 12.8. The van der Waals surface area contributed by atoms with E-state index in [9.17, 15) is 0 Å². The Morgan fingerprint density at radius 3 is 1.28 bits per heavy atom. The van der Waals surface area contributed by atoms with Crippen LogP contribution in [0.2, 0.25) is 0 Å². The first-order chi connectivity index (χ1) is 37.2. The molecule has 12 aromatic carbocycles. The summed E-state index contributed by atoms with van der Waals surface area (Å²) in [5.74, 6) is 0. The summed E-state index contributed by atoms with van der Waals surface area (Å²) >= 11 is 0.0276. The number of rotatable bonds is 6. The van der Waals surface area contributed by atoms with Crippen LogP contribution in [0.1, 0.15) is 0 Å². The van der Waals surface area contributed by atoms with Gasteiger partial charge in [-0.25, -0.2) is 0 Å². The fraction of sp³-hybridized carbons (Fsp3) is 0. The zero-order valence-corrected chi connectivity index (χ0v) is 44.1. The van der Waals surface area contributed by atoms with Gasteiger partial charge in [-0.3, -0.25) is 0 Å². The van der Waals surface area contributed by atoms with E-state index < -0.39 is 0 Å². The van der Waals surface area contributed by atoms with E-state index in [1.807, 2.05) is 0 Å². The van der Waals surface area contributed by atoms with Crippen LogP contribution < -0.4 is 65.3 Å². The molecule has 0 radical (unpaired) electrons. The number of benzene rings is 12. The first-order valence-corrected chi connectivity index (χ1v) is 29.2. The number of hydrogen-bond donors (Lipinski definition) is 0. The van der Waals surface area contributed by atoms with Crippen molar-refractivity contribution >= 4 is 167 Å². The number of nitrogens with zero attached hydrogens (tertiary/aromatic N) is 3. The molecule has 0 fully saturated rings. The molecule has 0 atom stereocenters. The topological polar surface area (TPSA) is 9.72 Å². The van der Waals surface area contributed by atoms with Crippen LogP contribution in [0.15, 0.2) is 261 Å². The second-order valence-corrected chi connectivity index (χ2v) is 24.5. The standard InChI is InChI=1S/C68H43B2N3Se2/c1-5-23-47(24-6-1)71(48-25-7-2-8-26-48)51-40-61-68-65(41-51)75-63-43-62-56(42-57(63)70(68)55-34-18-20-36-59(55)73(61)50-29-11-4-12-30-50)69-54-33-17-19-35-58(54)72(49-27-9-3-10-28-49)60-38-46(39-64(74-62)67(60)69)66-52-31-15-13-21-44(52)37-45-22-14-16-32-53(45)66/h1-43H. The summed E-state index contributed by atoms with van der Waals surface area (Å²) in [5.41, 5.74) is 21.9. The Balaban J connectivity index is 0.945. The van der Waals surface area contributed by atoms with Crippen molar-refractivity contribution in [3.8, 4) is 11.1 Å². The molecule has 4 heterocycles. The molecule has 12 aromatic rings. The summed E-state index contributed by atoms with van der Waals surface area (Å²) in [6.45, 7) is 0.133. The summed E-state index contributed by atoms with van der Waals surface area (Å²) in [7, 11) is 0. The van der Waals surface area contributed by atoms with E-state index in [4.69, 9.17) is 0 Å². The summed E-state index contributed by atoms with van der Waals surface area (Å²) in [4.78, 5) is 7.55. The second-order valence-electron chi connectivity index (χ2n) is 19.9. The molecule has 0 saturated heterocycles. The molecule has 16 rings (SSSR count). The molecule has 348 valence electrons. The van der Waals surface area contributed by atoms with Gasteiger partial charge in [0.1, 0.15) is 0 Å².